The quantitative estimate of drug-likeness (QED) is 0.526. The number of rotatable bonds is 10. The lowest BCUT2D eigenvalue weighted by Gasteiger charge is -2.23. The van der Waals surface area contributed by atoms with Gasteiger partial charge < -0.3 is 10.2 Å². The highest BCUT2D eigenvalue weighted by atomic mass is 16.2. The molecular weight excluding hydrogens is 332 g/mol. The van der Waals surface area contributed by atoms with Crippen LogP contribution in [0.25, 0.3) is 5.57 Å². The molecule has 0 saturated carbocycles. The van der Waals surface area contributed by atoms with E-state index in [2.05, 4.69) is 76.4 Å². The number of hydrogen-bond acceptors (Lipinski definition) is 2. The lowest BCUT2D eigenvalue weighted by Crippen LogP contribution is -2.25. The second-order valence-corrected chi connectivity index (χ2v) is 7.98. The summed E-state index contributed by atoms with van der Waals surface area (Å²) in [5.41, 5.74) is 4.79. The monoisotopic (exact) mass is 370 g/mol. The Bertz CT molecular complexity index is 653. The van der Waals surface area contributed by atoms with Crippen molar-refractivity contribution in [2.45, 2.75) is 60.3 Å². The van der Waals surface area contributed by atoms with Crippen LogP contribution in [0, 0.1) is 5.41 Å². The van der Waals surface area contributed by atoms with E-state index in [1.165, 1.54) is 16.7 Å². The molecule has 1 amide bonds. The Balaban J connectivity index is 3.10. The van der Waals surface area contributed by atoms with Crippen molar-refractivity contribution < 1.29 is 4.79 Å². The number of nitrogens with one attached hydrogen (secondary N) is 1. The van der Waals surface area contributed by atoms with Crippen molar-refractivity contribution in [2.75, 3.05) is 25.5 Å². The van der Waals surface area contributed by atoms with Crippen LogP contribution in [0.15, 0.2) is 42.0 Å². The third-order valence-corrected chi connectivity index (χ3v) is 5.10. The van der Waals surface area contributed by atoms with Crippen LogP contribution in [0.4, 0.5) is 5.69 Å². The predicted octanol–water partition coefficient (Wildman–Crippen LogP) is 5.82. The molecule has 0 aliphatic rings. The number of carbonyl (C=O) groups is 1. The van der Waals surface area contributed by atoms with Gasteiger partial charge in [-0.25, -0.2) is 0 Å². The Morgan fingerprint density at radius 2 is 1.85 bits per heavy atom. The van der Waals surface area contributed by atoms with E-state index in [4.69, 9.17) is 0 Å². The highest BCUT2D eigenvalue weighted by Gasteiger charge is 2.17. The summed E-state index contributed by atoms with van der Waals surface area (Å²) in [4.78, 5) is 14.0. The van der Waals surface area contributed by atoms with Gasteiger partial charge in [-0.1, -0.05) is 51.5 Å². The smallest absolute Gasteiger partial charge is 0.226 e. The van der Waals surface area contributed by atoms with Crippen molar-refractivity contribution in [2.24, 2.45) is 5.41 Å². The first kappa shape index (κ1) is 23.2. The minimum absolute atomic E-state index is 0.105. The lowest BCUT2D eigenvalue weighted by atomic mass is 9.83. The molecule has 0 radical (unpaired) electrons. The Labute approximate surface area is 166 Å². The fourth-order valence-electron chi connectivity index (χ4n) is 2.99. The molecule has 27 heavy (non-hydrogen) atoms. The third-order valence-electron chi connectivity index (χ3n) is 5.10. The Morgan fingerprint density at radius 1 is 1.22 bits per heavy atom. The molecule has 0 bridgehead atoms. The van der Waals surface area contributed by atoms with E-state index >= 15 is 0 Å². The summed E-state index contributed by atoms with van der Waals surface area (Å²) < 4.78 is 0. The number of unbranched alkanes of at least 4 members (excludes halogenated alkanes) is 1. The third kappa shape index (κ3) is 7.34. The van der Waals surface area contributed by atoms with Gasteiger partial charge in [0.25, 0.3) is 0 Å². The SMILES string of the molecule is CC=C(C)C(=CC(C)(C)CCNC)c1ccc(N(C)C(=O)CCCC)cc1. The van der Waals surface area contributed by atoms with Crippen LogP contribution in [-0.2, 0) is 4.79 Å². The van der Waals surface area contributed by atoms with Crippen molar-refractivity contribution in [1.29, 1.82) is 0 Å². The van der Waals surface area contributed by atoms with Gasteiger partial charge >= 0.3 is 0 Å². The summed E-state index contributed by atoms with van der Waals surface area (Å²) >= 11 is 0. The average Bonchev–Trinajstić information content (AvgIpc) is 2.67. The molecule has 1 aromatic carbocycles. The zero-order valence-electron chi connectivity index (χ0n) is 18.4. The first-order chi connectivity index (χ1) is 12.8. The average molecular weight is 371 g/mol. The van der Waals surface area contributed by atoms with Crippen LogP contribution < -0.4 is 10.2 Å². The number of allylic oxidation sites excluding steroid dienone is 4. The number of benzene rings is 1. The standard InChI is InChI=1S/C24H38N2O/c1-8-10-11-23(27)26(7)21-14-12-20(13-15-21)22(19(3)9-2)18-24(4,5)16-17-25-6/h9,12-15,18,25H,8,10-11,16-17H2,1-7H3. The maximum Gasteiger partial charge on any atom is 0.226 e. The normalized spacial score (nSPS) is 13.0. The maximum atomic E-state index is 12.3. The second-order valence-electron chi connectivity index (χ2n) is 7.98. The molecule has 150 valence electrons. The molecule has 0 aliphatic heterocycles. The number of nitrogens with zero attached hydrogens (tertiary/aromatic N) is 1. The molecule has 0 atom stereocenters. The molecule has 1 aromatic rings. The van der Waals surface area contributed by atoms with Crippen molar-refractivity contribution in [1.82, 2.24) is 5.32 Å². The number of hydrogen-bond donors (Lipinski definition) is 1. The Kier molecular flexibility index (Phi) is 9.51. The molecule has 0 aromatic heterocycles. The van der Waals surface area contributed by atoms with Crippen molar-refractivity contribution in [3.8, 4) is 0 Å². The first-order valence-electron chi connectivity index (χ1n) is 10.1. The first-order valence-corrected chi connectivity index (χ1v) is 10.1. The molecule has 1 rings (SSSR count). The van der Waals surface area contributed by atoms with Crippen LogP contribution >= 0.6 is 0 Å². The summed E-state index contributed by atoms with van der Waals surface area (Å²) in [6.45, 7) is 11.9. The van der Waals surface area contributed by atoms with Gasteiger partial charge in [0.15, 0.2) is 0 Å². The van der Waals surface area contributed by atoms with Gasteiger partial charge in [-0.15, -0.1) is 0 Å². The molecule has 3 nitrogen and oxygen atoms in total. The van der Waals surface area contributed by atoms with Gasteiger partial charge in [0.1, 0.15) is 0 Å². The van der Waals surface area contributed by atoms with E-state index in [0.717, 1.165) is 31.5 Å². The van der Waals surface area contributed by atoms with Crippen LogP contribution in [0.3, 0.4) is 0 Å². The van der Waals surface area contributed by atoms with Crippen molar-refractivity contribution >= 4 is 17.2 Å². The van der Waals surface area contributed by atoms with Gasteiger partial charge in [0.2, 0.25) is 5.91 Å². The van der Waals surface area contributed by atoms with E-state index in [9.17, 15) is 4.79 Å². The van der Waals surface area contributed by atoms with E-state index in [1.54, 1.807) is 4.90 Å². The molecule has 1 N–H and O–H groups in total. The van der Waals surface area contributed by atoms with E-state index in [-0.39, 0.29) is 11.3 Å². The lowest BCUT2D eigenvalue weighted by molar-refractivity contribution is -0.118. The van der Waals surface area contributed by atoms with E-state index in [1.807, 2.05) is 14.1 Å². The molecule has 0 fully saturated rings. The summed E-state index contributed by atoms with van der Waals surface area (Å²) in [7, 11) is 3.86. The van der Waals surface area contributed by atoms with Crippen LogP contribution in [0.5, 0.6) is 0 Å². The van der Waals surface area contributed by atoms with Gasteiger partial charge in [-0.2, -0.15) is 0 Å². The number of anilines is 1. The molecule has 0 saturated heterocycles. The zero-order valence-corrected chi connectivity index (χ0v) is 18.4. The second kappa shape index (κ2) is 11.1. The fraction of sp³-hybridized carbons (Fsp3) is 0.542. The molecule has 0 heterocycles. The maximum absolute atomic E-state index is 12.3. The largest absolute Gasteiger partial charge is 0.320 e. The minimum atomic E-state index is 0.105. The van der Waals surface area contributed by atoms with Gasteiger partial charge in [0, 0.05) is 19.2 Å². The fourth-order valence-corrected chi connectivity index (χ4v) is 2.99. The minimum Gasteiger partial charge on any atom is -0.320 e. The summed E-state index contributed by atoms with van der Waals surface area (Å²) in [6, 6.07) is 8.37. The van der Waals surface area contributed by atoms with E-state index in [0.29, 0.717) is 6.42 Å². The summed E-state index contributed by atoms with van der Waals surface area (Å²) in [5, 5.41) is 3.24. The molecule has 0 unspecified atom stereocenters. The van der Waals surface area contributed by atoms with Crippen molar-refractivity contribution in [3.05, 3.63) is 47.6 Å². The van der Waals surface area contributed by atoms with Crippen LogP contribution in [0.1, 0.15) is 65.9 Å². The van der Waals surface area contributed by atoms with Gasteiger partial charge in [0.05, 0.1) is 0 Å². The van der Waals surface area contributed by atoms with Crippen LogP contribution in [0.2, 0.25) is 0 Å². The number of amides is 1. The van der Waals surface area contributed by atoms with E-state index < -0.39 is 0 Å². The highest BCUT2D eigenvalue weighted by Crippen LogP contribution is 2.32. The molecule has 0 spiro atoms. The van der Waals surface area contributed by atoms with Gasteiger partial charge in [-0.05, 0) is 74.5 Å². The van der Waals surface area contributed by atoms with Crippen LogP contribution in [-0.4, -0.2) is 26.5 Å². The van der Waals surface area contributed by atoms with Gasteiger partial charge in [-0.3, -0.25) is 4.79 Å². The molecular formula is C24H38N2O. The number of carbonyl (C=O) groups excluding carboxylic acids is 1. The predicted molar refractivity (Wildman–Crippen MR) is 119 cm³/mol. The zero-order chi connectivity index (χ0) is 20.4. The summed E-state index contributed by atoms with van der Waals surface area (Å²) in [6.07, 6.45) is 8.21. The molecule has 3 heteroatoms. The Morgan fingerprint density at radius 3 is 2.37 bits per heavy atom. The summed E-state index contributed by atoms with van der Waals surface area (Å²) in [5.74, 6) is 0.179. The molecule has 0 aliphatic carbocycles. The highest BCUT2D eigenvalue weighted by molar-refractivity contribution is 5.93. The van der Waals surface area contributed by atoms with Crippen molar-refractivity contribution in [3.63, 3.8) is 0 Å². The topological polar surface area (TPSA) is 32.3 Å². The Hall–Kier alpha value is -1.87.